The number of rotatable bonds is 5. The van der Waals surface area contributed by atoms with Crippen LogP contribution in [0, 0.1) is 11.3 Å². The topological polar surface area (TPSA) is 39.1 Å². The van der Waals surface area contributed by atoms with E-state index >= 15 is 0 Å². The van der Waals surface area contributed by atoms with Crippen molar-refractivity contribution >= 4 is 17.3 Å². The summed E-state index contributed by atoms with van der Waals surface area (Å²) in [6.07, 6.45) is 1.59. The maximum atomic E-state index is 8.43. The smallest absolute Gasteiger partial charge is 0.168 e. The summed E-state index contributed by atoms with van der Waals surface area (Å²) in [5.41, 5.74) is 0. The van der Waals surface area contributed by atoms with Crippen LogP contribution < -0.4 is 5.32 Å². The van der Waals surface area contributed by atoms with Crippen molar-refractivity contribution in [1.29, 1.82) is 5.26 Å². The minimum atomic E-state index is 0.530. The molecule has 74 valence electrons. The molecular weight excluding hydrogens is 182 g/mol. The van der Waals surface area contributed by atoms with Gasteiger partial charge >= 0.3 is 0 Å². The molecule has 3 nitrogen and oxygen atoms in total. The molecule has 0 aromatic carbocycles. The van der Waals surface area contributed by atoms with Crippen LogP contribution in [0.5, 0.6) is 0 Å². The fourth-order valence-corrected chi connectivity index (χ4v) is 1.25. The van der Waals surface area contributed by atoms with Gasteiger partial charge in [-0.25, -0.2) is 0 Å². The Morgan fingerprint density at radius 1 is 1.54 bits per heavy atom. The molecule has 13 heavy (non-hydrogen) atoms. The molecular formula is C9H17N3S. The molecule has 0 rings (SSSR count). The summed E-state index contributed by atoms with van der Waals surface area (Å²) in [6, 6.07) is 2.11. The van der Waals surface area contributed by atoms with E-state index in [1.807, 2.05) is 11.8 Å². The normalized spacial score (nSPS) is 9.00. The number of nitriles is 1. The third-order valence-electron chi connectivity index (χ3n) is 1.69. The Bertz CT molecular complexity index is 186. The molecule has 0 aliphatic rings. The van der Waals surface area contributed by atoms with E-state index in [1.54, 1.807) is 0 Å². The maximum absolute atomic E-state index is 8.43. The molecule has 0 aliphatic heterocycles. The minimum Gasteiger partial charge on any atom is -0.363 e. The Kier molecular flexibility index (Phi) is 7.32. The second-order valence-electron chi connectivity index (χ2n) is 2.72. The third-order valence-corrected chi connectivity index (χ3v) is 2.09. The van der Waals surface area contributed by atoms with Gasteiger partial charge in [-0.05, 0) is 25.6 Å². The molecule has 0 aliphatic carbocycles. The van der Waals surface area contributed by atoms with Crippen molar-refractivity contribution in [3.8, 4) is 6.07 Å². The van der Waals surface area contributed by atoms with Crippen molar-refractivity contribution < 1.29 is 0 Å². The number of hydrogen-bond acceptors (Lipinski definition) is 2. The summed E-state index contributed by atoms with van der Waals surface area (Å²) >= 11 is 5.16. The highest BCUT2D eigenvalue weighted by Gasteiger charge is 2.04. The van der Waals surface area contributed by atoms with Gasteiger partial charge in [-0.2, -0.15) is 5.26 Å². The molecule has 0 atom stereocenters. The Morgan fingerprint density at radius 3 is 2.69 bits per heavy atom. The zero-order valence-electron chi connectivity index (χ0n) is 8.34. The highest BCUT2D eigenvalue weighted by atomic mass is 32.1. The molecule has 0 heterocycles. The van der Waals surface area contributed by atoms with Crippen LogP contribution in [0.25, 0.3) is 0 Å². The van der Waals surface area contributed by atoms with Crippen LogP contribution in [0.3, 0.4) is 0 Å². The van der Waals surface area contributed by atoms with E-state index in [4.69, 9.17) is 17.5 Å². The van der Waals surface area contributed by atoms with E-state index in [-0.39, 0.29) is 0 Å². The summed E-state index contributed by atoms with van der Waals surface area (Å²) in [5.74, 6) is 0. The first-order valence-electron chi connectivity index (χ1n) is 4.66. The Labute approximate surface area is 85.7 Å². The van der Waals surface area contributed by atoms with Crippen molar-refractivity contribution in [3.05, 3.63) is 0 Å². The van der Waals surface area contributed by atoms with Gasteiger partial charge < -0.3 is 10.2 Å². The Balaban J connectivity index is 3.79. The molecule has 0 amide bonds. The average Bonchev–Trinajstić information content (AvgIpc) is 2.16. The summed E-state index contributed by atoms with van der Waals surface area (Å²) in [7, 11) is 0. The largest absolute Gasteiger partial charge is 0.363 e. The van der Waals surface area contributed by atoms with E-state index in [1.165, 1.54) is 0 Å². The minimum absolute atomic E-state index is 0.530. The van der Waals surface area contributed by atoms with Crippen molar-refractivity contribution in [1.82, 2.24) is 10.2 Å². The molecule has 0 saturated heterocycles. The standard InChI is InChI=1S/C9H17N3S/c1-3-7-11-9(13)12(4-2)8-5-6-10/h3-5,7-8H2,1-2H3,(H,11,13). The first-order valence-corrected chi connectivity index (χ1v) is 5.06. The van der Waals surface area contributed by atoms with Gasteiger partial charge in [-0.3, -0.25) is 0 Å². The van der Waals surface area contributed by atoms with E-state index in [0.717, 1.165) is 31.2 Å². The maximum Gasteiger partial charge on any atom is 0.168 e. The predicted molar refractivity (Wildman–Crippen MR) is 58.4 cm³/mol. The van der Waals surface area contributed by atoms with Crippen LogP contribution in [0.1, 0.15) is 26.7 Å². The van der Waals surface area contributed by atoms with Crippen LogP contribution >= 0.6 is 12.2 Å². The third kappa shape index (κ3) is 5.42. The van der Waals surface area contributed by atoms with Gasteiger partial charge in [0.05, 0.1) is 12.5 Å². The molecule has 1 N–H and O–H groups in total. The van der Waals surface area contributed by atoms with Crippen molar-refractivity contribution in [3.63, 3.8) is 0 Å². The molecule has 0 radical (unpaired) electrons. The first-order chi connectivity index (χ1) is 6.26. The second-order valence-corrected chi connectivity index (χ2v) is 3.11. The number of hydrogen-bond donors (Lipinski definition) is 1. The van der Waals surface area contributed by atoms with Gasteiger partial charge in [0.25, 0.3) is 0 Å². The van der Waals surface area contributed by atoms with Gasteiger partial charge in [0, 0.05) is 19.6 Å². The van der Waals surface area contributed by atoms with Crippen molar-refractivity contribution in [2.45, 2.75) is 26.7 Å². The highest BCUT2D eigenvalue weighted by molar-refractivity contribution is 7.80. The average molecular weight is 199 g/mol. The Morgan fingerprint density at radius 2 is 2.23 bits per heavy atom. The molecule has 4 heteroatoms. The number of thiocarbonyl (C=S) groups is 1. The zero-order valence-corrected chi connectivity index (χ0v) is 9.15. The van der Waals surface area contributed by atoms with E-state index < -0.39 is 0 Å². The fourth-order valence-electron chi connectivity index (χ4n) is 0.932. The lowest BCUT2D eigenvalue weighted by molar-refractivity contribution is 0.442. The SMILES string of the molecule is CCCNC(=S)N(CC)CCC#N. The van der Waals surface area contributed by atoms with E-state index in [0.29, 0.717) is 6.42 Å². The van der Waals surface area contributed by atoms with Gasteiger partial charge in [0.2, 0.25) is 0 Å². The van der Waals surface area contributed by atoms with Crippen molar-refractivity contribution in [2.24, 2.45) is 0 Å². The monoisotopic (exact) mass is 199 g/mol. The van der Waals surface area contributed by atoms with Crippen molar-refractivity contribution in [2.75, 3.05) is 19.6 Å². The molecule has 0 fully saturated rings. The van der Waals surface area contributed by atoms with Gasteiger partial charge in [-0.1, -0.05) is 6.92 Å². The summed E-state index contributed by atoms with van der Waals surface area (Å²) in [5, 5.41) is 12.3. The number of nitrogens with one attached hydrogen (secondary N) is 1. The summed E-state index contributed by atoms with van der Waals surface area (Å²) in [6.45, 7) is 6.63. The van der Waals surface area contributed by atoms with E-state index in [2.05, 4.69) is 18.3 Å². The number of nitrogens with zero attached hydrogens (tertiary/aromatic N) is 2. The predicted octanol–water partition coefficient (Wildman–Crippen LogP) is 1.51. The van der Waals surface area contributed by atoms with E-state index in [9.17, 15) is 0 Å². The van der Waals surface area contributed by atoms with Crippen LogP contribution in [0.4, 0.5) is 0 Å². The van der Waals surface area contributed by atoms with Crippen LogP contribution in [-0.2, 0) is 0 Å². The molecule has 0 bridgehead atoms. The Hall–Kier alpha value is -0.820. The quantitative estimate of drug-likeness (QED) is 0.681. The first kappa shape index (κ1) is 12.2. The molecule has 0 aromatic rings. The highest BCUT2D eigenvalue weighted by Crippen LogP contribution is 1.92. The lowest BCUT2D eigenvalue weighted by Gasteiger charge is -2.22. The van der Waals surface area contributed by atoms with Gasteiger partial charge in [0.15, 0.2) is 5.11 Å². The van der Waals surface area contributed by atoms with Crippen LogP contribution in [0.15, 0.2) is 0 Å². The zero-order chi connectivity index (χ0) is 10.1. The molecule has 0 saturated carbocycles. The van der Waals surface area contributed by atoms with Gasteiger partial charge in [0.1, 0.15) is 0 Å². The summed E-state index contributed by atoms with van der Waals surface area (Å²) < 4.78 is 0. The van der Waals surface area contributed by atoms with Gasteiger partial charge in [-0.15, -0.1) is 0 Å². The summed E-state index contributed by atoms with van der Waals surface area (Å²) in [4.78, 5) is 2.01. The van der Waals surface area contributed by atoms with Crippen LogP contribution in [0.2, 0.25) is 0 Å². The second kappa shape index (κ2) is 7.81. The van der Waals surface area contributed by atoms with Crippen LogP contribution in [-0.4, -0.2) is 29.6 Å². The molecule has 0 spiro atoms. The molecule has 0 aromatic heterocycles. The fraction of sp³-hybridized carbons (Fsp3) is 0.778. The lowest BCUT2D eigenvalue weighted by Crippen LogP contribution is -2.40. The molecule has 0 unspecified atom stereocenters. The lowest BCUT2D eigenvalue weighted by atomic mass is 10.4.